The molecule has 0 spiro atoms. The lowest BCUT2D eigenvalue weighted by Crippen LogP contribution is -2.28. The van der Waals surface area contributed by atoms with E-state index in [9.17, 15) is 14.0 Å². The molecule has 0 unspecified atom stereocenters. The van der Waals surface area contributed by atoms with E-state index in [0.29, 0.717) is 11.4 Å². The van der Waals surface area contributed by atoms with E-state index in [4.69, 9.17) is 9.84 Å². The van der Waals surface area contributed by atoms with E-state index in [1.165, 1.54) is 12.1 Å². The Kier molecular flexibility index (Phi) is 4.70. The Labute approximate surface area is 144 Å². The minimum atomic E-state index is -1.04. The van der Waals surface area contributed by atoms with Crippen molar-refractivity contribution in [2.24, 2.45) is 5.92 Å². The van der Waals surface area contributed by atoms with Crippen LogP contribution in [0, 0.1) is 11.7 Å². The summed E-state index contributed by atoms with van der Waals surface area (Å²) in [5, 5.41) is 8.59. The second-order valence-corrected chi connectivity index (χ2v) is 6.07. The van der Waals surface area contributed by atoms with Gasteiger partial charge in [0.25, 0.3) is 0 Å². The zero-order valence-electron chi connectivity index (χ0n) is 13.7. The van der Waals surface area contributed by atoms with Gasteiger partial charge in [0, 0.05) is 18.7 Å². The summed E-state index contributed by atoms with van der Waals surface area (Å²) in [5.74, 6) is -0.852. The number of carboxylic acid groups (broad SMARTS) is 1. The van der Waals surface area contributed by atoms with E-state index in [1.807, 2.05) is 0 Å². The Bertz CT molecular complexity index is 773. The zero-order valence-corrected chi connectivity index (χ0v) is 13.7. The SMILES string of the molecule is CN(C(=O)[C@@H]1C[C@@H]1c1ccc(F)cc1)c1ccc(OCC(=O)O)cc1. The number of anilines is 1. The summed E-state index contributed by atoms with van der Waals surface area (Å²) in [6, 6.07) is 13.0. The van der Waals surface area contributed by atoms with Crippen LogP contribution in [0.1, 0.15) is 17.9 Å². The standard InChI is InChI=1S/C19H18FNO4/c1-21(14-6-8-15(9-7-14)25-11-18(22)23)19(24)17-10-16(17)12-2-4-13(20)5-3-12/h2-9,16-17H,10-11H2,1H3,(H,22,23)/t16-,17-/m1/s1. The highest BCUT2D eigenvalue weighted by Crippen LogP contribution is 2.48. The Morgan fingerprint density at radius 2 is 1.80 bits per heavy atom. The Hall–Kier alpha value is -2.89. The molecule has 130 valence electrons. The summed E-state index contributed by atoms with van der Waals surface area (Å²) in [6.07, 6.45) is 0.759. The summed E-state index contributed by atoms with van der Waals surface area (Å²) in [7, 11) is 1.70. The highest BCUT2D eigenvalue weighted by atomic mass is 19.1. The highest BCUT2D eigenvalue weighted by Gasteiger charge is 2.45. The van der Waals surface area contributed by atoms with Crippen LogP contribution in [-0.2, 0) is 9.59 Å². The summed E-state index contributed by atoms with van der Waals surface area (Å²) in [5.41, 5.74) is 1.68. The molecule has 5 nitrogen and oxygen atoms in total. The van der Waals surface area contributed by atoms with Gasteiger partial charge in [0.15, 0.2) is 6.61 Å². The van der Waals surface area contributed by atoms with Gasteiger partial charge in [0.05, 0.1) is 0 Å². The molecule has 0 aromatic heterocycles. The summed E-state index contributed by atoms with van der Waals surface area (Å²) >= 11 is 0. The topological polar surface area (TPSA) is 66.8 Å². The first kappa shape index (κ1) is 17.0. The number of amides is 1. The van der Waals surface area contributed by atoms with Crippen LogP contribution in [0.25, 0.3) is 0 Å². The van der Waals surface area contributed by atoms with Crippen LogP contribution < -0.4 is 9.64 Å². The maximum atomic E-state index is 13.0. The highest BCUT2D eigenvalue weighted by molar-refractivity contribution is 5.97. The predicted octanol–water partition coefficient (Wildman–Crippen LogP) is 3.06. The van der Waals surface area contributed by atoms with E-state index in [-0.39, 0.29) is 23.6 Å². The lowest BCUT2D eigenvalue weighted by Gasteiger charge is -2.18. The summed E-state index contributed by atoms with van der Waals surface area (Å²) in [6.45, 7) is -0.407. The van der Waals surface area contributed by atoms with Crippen LogP contribution in [0.2, 0.25) is 0 Å². The maximum absolute atomic E-state index is 13.0. The van der Waals surface area contributed by atoms with Crippen molar-refractivity contribution < 1.29 is 23.8 Å². The van der Waals surface area contributed by atoms with E-state index in [2.05, 4.69) is 0 Å². The number of aliphatic carboxylic acids is 1. The molecule has 0 heterocycles. The van der Waals surface area contributed by atoms with Gasteiger partial charge >= 0.3 is 5.97 Å². The lowest BCUT2D eigenvalue weighted by molar-refractivity contribution is -0.139. The summed E-state index contributed by atoms with van der Waals surface area (Å²) < 4.78 is 18.1. The third kappa shape index (κ3) is 3.96. The van der Waals surface area contributed by atoms with Gasteiger partial charge in [-0.05, 0) is 54.3 Å². The van der Waals surface area contributed by atoms with Crippen LogP contribution in [0.3, 0.4) is 0 Å². The first-order valence-corrected chi connectivity index (χ1v) is 7.93. The number of carbonyl (C=O) groups is 2. The molecular formula is C19H18FNO4. The maximum Gasteiger partial charge on any atom is 0.341 e. The number of hydrogen-bond acceptors (Lipinski definition) is 3. The van der Waals surface area contributed by atoms with Crippen LogP contribution in [0.15, 0.2) is 48.5 Å². The van der Waals surface area contributed by atoms with Crippen LogP contribution >= 0.6 is 0 Å². The van der Waals surface area contributed by atoms with E-state index >= 15 is 0 Å². The second kappa shape index (κ2) is 6.93. The van der Waals surface area contributed by atoms with Crippen molar-refractivity contribution in [1.82, 2.24) is 0 Å². The molecule has 25 heavy (non-hydrogen) atoms. The molecule has 1 N–H and O–H groups in total. The van der Waals surface area contributed by atoms with Gasteiger partial charge in [0.1, 0.15) is 11.6 Å². The Morgan fingerprint density at radius 1 is 1.16 bits per heavy atom. The van der Waals surface area contributed by atoms with Crippen molar-refractivity contribution in [2.75, 3.05) is 18.6 Å². The number of benzene rings is 2. The number of carbonyl (C=O) groups excluding carboxylic acids is 1. The zero-order chi connectivity index (χ0) is 18.0. The van der Waals surface area contributed by atoms with Crippen LogP contribution in [0.5, 0.6) is 5.75 Å². The fourth-order valence-electron chi connectivity index (χ4n) is 2.83. The van der Waals surface area contributed by atoms with Gasteiger partial charge in [-0.3, -0.25) is 4.79 Å². The smallest absolute Gasteiger partial charge is 0.341 e. The molecule has 2 aromatic rings. The van der Waals surface area contributed by atoms with Gasteiger partial charge < -0.3 is 14.7 Å². The molecular weight excluding hydrogens is 325 g/mol. The fourth-order valence-corrected chi connectivity index (χ4v) is 2.83. The third-order valence-corrected chi connectivity index (χ3v) is 4.32. The number of hydrogen-bond donors (Lipinski definition) is 1. The monoisotopic (exact) mass is 343 g/mol. The lowest BCUT2D eigenvalue weighted by atomic mass is 10.1. The van der Waals surface area contributed by atoms with Crippen molar-refractivity contribution in [2.45, 2.75) is 12.3 Å². The van der Waals surface area contributed by atoms with Crippen molar-refractivity contribution in [3.8, 4) is 5.75 Å². The number of halogens is 1. The summed E-state index contributed by atoms with van der Waals surface area (Å²) in [4.78, 5) is 24.7. The molecule has 1 aliphatic carbocycles. The largest absolute Gasteiger partial charge is 0.482 e. The van der Waals surface area contributed by atoms with Gasteiger partial charge in [-0.15, -0.1) is 0 Å². The van der Waals surface area contributed by atoms with Gasteiger partial charge in [-0.25, -0.2) is 9.18 Å². The minimum absolute atomic E-state index is 0.00790. The van der Waals surface area contributed by atoms with E-state index in [1.54, 1.807) is 48.3 Å². The van der Waals surface area contributed by atoms with Crippen molar-refractivity contribution in [3.05, 3.63) is 59.9 Å². The third-order valence-electron chi connectivity index (χ3n) is 4.32. The van der Waals surface area contributed by atoms with Crippen LogP contribution in [0.4, 0.5) is 10.1 Å². The molecule has 1 saturated carbocycles. The predicted molar refractivity (Wildman–Crippen MR) is 90.2 cm³/mol. The quantitative estimate of drug-likeness (QED) is 0.875. The number of rotatable bonds is 6. The Balaban J connectivity index is 1.61. The average molecular weight is 343 g/mol. The molecule has 3 rings (SSSR count). The van der Waals surface area contributed by atoms with E-state index in [0.717, 1.165) is 12.0 Å². The first-order valence-electron chi connectivity index (χ1n) is 7.93. The number of ether oxygens (including phenoxy) is 1. The molecule has 2 aromatic carbocycles. The van der Waals surface area contributed by atoms with Gasteiger partial charge in [-0.1, -0.05) is 12.1 Å². The van der Waals surface area contributed by atoms with Crippen molar-refractivity contribution in [1.29, 1.82) is 0 Å². The van der Waals surface area contributed by atoms with Crippen molar-refractivity contribution in [3.63, 3.8) is 0 Å². The number of nitrogens with zero attached hydrogens (tertiary/aromatic N) is 1. The molecule has 6 heteroatoms. The normalized spacial score (nSPS) is 18.5. The fraction of sp³-hybridized carbons (Fsp3) is 0.263. The molecule has 1 aliphatic rings. The number of carboxylic acids is 1. The molecule has 2 atom stereocenters. The molecule has 1 amide bonds. The minimum Gasteiger partial charge on any atom is -0.482 e. The van der Waals surface area contributed by atoms with Gasteiger partial charge in [-0.2, -0.15) is 0 Å². The molecule has 0 aliphatic heterocycles. The average Bonchev–Trinajstić information content (AvgIpc) is 3.40. The molecule has 1 fully saturated rings. The van der Waals surface area contributed by atoms with Gasteiger partial charge in [0.2, 0.25) is 5.91 Å². The first-order chi connectivity index (χ1) is 12.0. The molecule has 0 saturated heterocycles. The van der Waals surface area contributed by atoms with Crippen molar-refractivity contribution >= 4 is 17.6 Å². The molecule has 0 radical (unpaired) electrons. The second-order valence-electron chi connectivity index (χ2n) is 6.07. The van der Waals surface area contributed by atoms with E-state index < -0.39 is 12.6 Å². The Morgan fingerprint density at radius 3 is 2.40 bits per heavy atom. The van der Waals surface area contributed by atoms with Crippen LogP contribution in [-0.4, -0.2) is 30.6 Å². The molecule has 0 bridgehead atoms.